The maximum atomic E-state index is 12.4. The monoisotopic (exact) mass is 331 g/mol. The SMILES string of the molecule is NC(=O)CN(c1ccccc1OCC(F)(F)F)C1CCNCC1. The Balaban J connectivity index is 2.24. The number of anilines is 1. The van der Waals surface area contributed by atoms with Crippen molar-refractivity contribution in [3.8, 4) is 5.75 Å². The number of nitrogens with two attached hydrogens (primary N) is 1. The molecule has 23 heavy (non-hydrogen) atoms. The summed E-state index contributed by atoms with van der Waals surface area (Å²) in [6.45, 7) is 0.134. The molecule has 1 amide bonds. The summed E-state index contributed by atoms with van der Waals surface area (Å²) in [5, 5.41) is 3.21. The summed E-state index contributed by atoms with van der Waals surface area (Å²) < 4.78 is 42.2. The number of nitrogens with zero attached hydrogens (tertiary/aromatic N) is 1. The predicted molar refractivity (Wildman–Crippen MR) is 80.4 cm³/mol. The van der Waals surface area contributed by atoms with E-state index < -0.39 is 18.7 Å². The van der Waals surface area contributed by atoms with Gasteiger partial charge in [0.15, 0.2) is 6.61 Å². The molecule has 5 nitrogen and oxygen atoms in total. The molecule has 0 aromatic heterocycles. The maximum absolute atomic E-state index is 12.4. The molecule has 8 heteroatoms. The van der Waals surface area contributed by atoms with Gasteiger partial charge in [-0.25, -0.2) is 0 Å². The highest BCUT2D eigenvalue weighted by atomic mass is 19.4. The fourth-order valence-corrected chi connectivity index (χ4v) is 2.67. The van der Waals surface area contributed by atoms with Crippen LogP contribution in [0, 0.1) is 0 Å². The summed E-state index contributed by atoms with van der Waals surface area (Å²) in [6.07, 6.45) is -2.86. The Morgan fingerprint density at radius 1 is 1.30 bits per heavy atom. The van der Waals surface area contributed by atoms with Crippen LogP contribution in [0.4, 0.5) is 18.9 Å². The molecule has 0 radical (unpaired) electrons. The molecular formula is C15H20F3N3O2. The molecular weight excluding hydrogens is 311 g/mol. The third kappa shape index (κ3) is 5.31. The van der Waals surface area contributed by atoms with Crippen molar-refractivity contribution in [1.82, 2.24) is 5.32 Å². The Morgan fingerprint density at radius 2 is 1.96 bits per heavy atom. The number of hydrogen-bond acceptors (Lipinski definition) is 4. The highest BCUT2D eigenvalue weighted by molar-refractivity contribution is 5.80. The van der Waals surface area contributed by atoms with Crippen LogP contribution >= 0.6 is 0 Å². The first-order valence-corrected chi connectivity index (χ1v) is 7.41. The summed E-state index contributed by atoms with van der Waals surface area (Å²) in [5.74, 6) is -0.432. The Morgan fingerprint density at radius 3 is 2.57 bits per heavy atom. The first-order chi connectivity index (χ1) is 10.9. The summed E-state index contributed by atoms with van der Waals surface area (Å²) in [7, 11) is 0. The number of piperidine rings is 1. The zero-order valence-corrected chi connectivity index (χ0v) is 12.6. The number of hydrogen-bond donors (Lipinski definition) is 2. The van der Waals surface area contributed by atoms with Gasteiger partial charge >= 0.3 is 6.18 Å². The number of primary amides is 1. The van der Waals surface area contributed by atoms with Crippen molar-refractivity contribution in [3.63, 3.8) is 0 Å². The smallest absolute Gasteiger partial charge is 0.422 e. The van der Waals surface area contributed by atoms with Gasteiger partial charge in [-0.05, 0) is 38.1 Å². The number of rotatable bonds is 6. The lowest BCUT2D eigenvalue weighted by molar-refractivity contribution is -0.153. The van der Waals surface area contributed by atoms with Gasteiger partial charge in [-0.15, -0.1) is 0 Å². The second-order valence-corrected chi connectivity index (χ2v) is 5.45. The summed E-state index contributed by atoms with van der Waals surface area (Å²) in [6, 6.07) is 6.44. The number of carbonyl (C=O) groups is 1. The van der Waals surface area contributed by atoms with Crippen molar-refractivity contribution in [2.45, 2.75) is 25.1 Å². The molecule has 1 aliphatic rings. The standard InChI is InChI=1S/C15H20F3N3O2/c16-15(17,18)10-23-13-4-2-1-3-12(13)21(9-14(19)22)11-5-7-20-8-6-11/h1-4,11,20H,5-10H2,(H2,19,22). The molecule has 1 heterocycles. The van der Waals surface area contributed by atoms with E-state index in [1.165, 1.54) is 6.07 Å². The molecule has 2 rings (SSSR count). The van der Waals surface area contributed by atoms with Crippen LogP contribution in [0.1, 0.15) is 12.8 Å². The lowest BCUT2D eigenvalue weighted by Gasteiger charge is -2.36. The molecule has 3 N–H and O–H groups in total. The van der Waals surface area contributed by atoms with E-state index in [0.717, 1.165) is 25.9 Å². The Kier molecular flexibility index (Phi) is 5.70. The van der Waals surface area contributed by atoms with Crippen molar-refractivity contribution in [2.24, 2.45) is 5.73 Å². The van der Waals surface area contributed by atoms with Crippen LogP contribution in [0.3, 0.4) is 0 Å². The van der Waals surface area contributed by atoms with Gasteiger partial charge in [-0.1, -0.05) is 12.1 Å². The molecule has 0 spiro atoms. The number of halogens is 3. The van der Waals surface area contributed by atoms with E-state index in [9.17, 15) is 18.0 Å². The quantitative estimate of drug-likeness (QED) is 0.832. The minimum absolute atomic E-state index is 0.0272. The molecule has 0 saturated carbocycles. The molecule has 0 atom stereocenters. The fraction of sp³-hybridized carbons (Fsp3) is 0.533. The number of ether oxygens (including phenoxy) is 1. The molecule has 1 saturated heterocycles. The van der Waals surface area contributed by atoms with Crippen LogP contribution < -0.4 is 20.7 Å². The minimum atomic E-state index is -4.42. The number of carbonyl (C=O) groups excluding carboxylic acids is 1. The lowest BCUT2D eigenvalue weighted by atomic mass is 10.0. The predicted octanol–water partition coefficient (Wildman–Crippen LogP) is 1.67. The molecule has 0 aliphatic carbocycles. The minimum Gasteiger partial charge on any atom is -0.482 e. The average molecular weight is 331 g/mol. The molecule has 0 unspecified atom stereocenters. The van der Waals surface area contributed by atoms with Gasteiger partial charge in [0.25, 0.3) is 0 Å². The van der Waals surface area contributed by atoms with Gasteiger partial charge in [0.2, 0.25) is 5.91 Å². The summed E-state index contributed by atoms with van der Waals surface area (Å²) >= 11 is 0. The van der Waals surface area contributed by atoms with E-state index in [4.69, 9.17) is 10.5 Å². The molecule has 0 bridgehead atoms. The van der Waals surface area contributed by atoms with E-state index in [2.05, 4.69) is 5.32 Å². The zero-order valence-electron chi connectivity index (χ0n) is 12.6. The van der Waals surface area contributed by atoms with Crippen LogP contribution in [0.25, 0.3) is 0 Å². The summed E-state index contributed by atoms with van der Waals surface area (Å²) in [4.78, 5) is 13.1. The van der Waals surface area contributed by atoms with Gasteiger partial charge in [-0.3, -0.25) is 4.79 Å². The molecule has 1 aromatic carbocycles. The van der Waals surface area contributed by atoms with E-state index in [-0.39, 0.29) is 18.3 Å². The van der Waals surface area contributed by atoms with Gasteiger partial charge in [0, 0.05) is 6.04 Å². The Bertz CT molecular complexity index is 531. The highest BCUT2D eigenvalue weighted by Crippen LogP contribution is 2.32. The second-order valence-electron chi connectivity index (χ2n) is 5.45. The normalized spacial score (nSPS) is 16.1. The number of amides is 1. The van der Waals surface area contributed by atoms with Gasteiger partial charge in [-0.2, -0.15) is 13.2 Å². The maximum Gasteiger partial charge on any atom is 0.422 e. The second kappa shape index (κ2) is 7.54. The average Bonchev–Trinajstić information content (AvgIpc) is 2.51. The molecule has 128 valence electrons. The van der Waals surface area contributed by atoms with Gasteiger partial charge in [0.05, 0.1) is 12.2 Å². The van der Waals surface area contributed by atoms with Crippen molar-refractivity contribution in [1.29, 1.82) is 0 Å². The van der Waals surface area contributed by atoms with Crippen LogP contribution in [-0.2, 0) is 4.79 Å². The Hall–Kier alpha value is -1.96. The number of para-hydroxylation sites is 2. The first-order valence-electron chi connectivity index (χ1n) is 7.41. The summed E-state index contributed by atoms with van der Waals surface area (Å²) in [5.41, 5.74) is 5.77. The molecule has 1 aromatic rings. The number of benzene rings is 1. The topological polar surface area (TPSA) is 67.6 Å². The van der Waals surface area contributed by atoms with Crippen LogP contribution in [0.5, 0.6) is 5.75 Å². The van der Waals surface area contributed by atoms with Crippen molar-refractivity contribution < 1.29 is 22.7 Å². The first kappa shape index (κ1) is 17.4. The van der Waals surface area contributed by atoms with E-state index in [1.807, 2.05) is 0 Å². The number of alkyl halides is 3. The van der Waals surface area contributed by atoms with Crippen LogP contribution in [-0.4, -0.2) is 44.4 Å². The fourth-order valence-electron chi connectivity index (χ4n) is 2.67. The van der Waals surface area contributed by atoms with Crippen LogP contribution in [0.15, 0.2) is 24.3 Å². The van der Waals surface area contributed by atoms with Gasteiger partial charge < -0.3 is 20.7 Å². The van der Waals surface area contributed by atoms with E-state index in [1.54, 1.807) is 23.1 Å². The van der Waals surface area contributed by atoms with Crippen LogP contribution in [0.2, 0.25) is 0 Å². The van der Waals surface area contributed by atoms with Crippen molar-refractivity contribution in [3.05, 3.63) is 24.3 Å². The highest BCUT2D eigenvalue weighted by Gasteiger charge is 2.30. The third-order valence-electron chi connectivity index (χ3n) is 3.64. The third-order valence-corrected chi connectivity index (χ3v) is 3.64. The molecule has 1 fully saturated rings. The van der Waals surface area contributed by atoms with E-state index >= 15 is 0 Å². The Labute approximate surface area is 132 Å². The molecule has 1 aliphatic heterocycles. The van der Waals surface area contributed by atoms with Crippen molar-refractivity contribution in [2.75, 3.05) is 31.1 Å². The largest absolute Gasteiger partial charge is 0.482 e. The van der Waals surface area contributed by atoms with E-state index in [0.29, 0.717) is 5.69 Å². The van der Waals surface area contributed by atoms with Gasteiger partial charge in [0.1, 0.15) is 5.75 Å². The number of nitrogens with one attached hydrogen (secondary N) is 1. The lowest BCUT2D eigenvalue weighted by Crippen LogP contribution is -2.46. The van der Waals surface area contributed by atoms with Crippen molar-refractivity contribution >= 4 is 11.6 Å². The zero-order chi connectivity index (χ0) is 16.9.